The summed E-state index contributed by atoms with van der Waals surface area (Å²) in [5, 5.41) is 5.27. The molecular formula is C90H88B2N4. The van der Waals surface area contributed by atoms with Crippen LogP contribution in [0.3, 0.4) is 0 Å². The molecule has 6 heteroatoms. The second-order valence-corrected chi connectivity index (χ2v) is 34.7. The third kappa shape index (κ3) is 9.02. The molecule has 17 rings (SSSR count). The molecule has 11 aromatic carbocycles. The molecule has 474 valence electrons. The molecular weight excluding hydrogens is 1160 g/mol. The molecule has 0 bridgehead atoms. The Morgan fingerprint density at radius 3 is 0.906 bits per heavy atom. The van der Waals surface area contributed by atoms with Crippen molar-refractivity contribution in [3.8, 4) is 33.6 Å². The fourth-order valence-corrected chi connectivity index (χ4v) is 16.7. The van der Waals surface area contributed by atoms with Crippen molar-refractivity contribution >= 4 is 124 Å². The van der Waals surface area contributed by atoms with Crippen molar-refractivity contribution in [3.05, 3.63) is 240 Å². The van der Waals surface area contributed by atoms with E-state index in [1.54, 1.807) is 0 Å². The van der Waals surface area contributed by atoms with E-state index in [0.29, 0.717) is 0 Å². The largest absolute Gasteiger partial charge is 0.311 e. The third-order valence-corrected chi connectivity index (χ3v) is 22.2. The Labute approximate surface area is 569 Å². The number of nitrogens with zero attached hydrogens (tertiary/aromatic N) is 4. The van der Waals surface area contributed by atoms with Crippen molar-refractivity contribution in [1.29, 1.82) is 0 Å². The summed E-state index contributed by atoms with van der Waals surface area (Å²) in [5.41, 5.74) is 35.1. The van der Waals surface area contributed by atoms with Crippen LogP contribution >= 0.6 is 0 Å². The van der Waals surface area contributed by atoms with Gasteiger partial charge in [0.2, 0.25) is 0 Å². The van der Waals surface area contributed by atoms with Crippen LogP contribution in [0.5, 0.6) is 0 Å². The van der Waals surface area contributed by atoms with Crippen LogP contribution in [-0.4, -0.2) is 22.6 Å². The number of hydrogen-bond acceptors (Lipinski definition) is 2. The summed E-state index contributed by atoms with van der Waals surface area (Å²) in [5.74, 6) is 0. The average Bonchev–Trinajstić information content (AvgIpc) is 1.30. The minimum atomic E-state index is -0.144. The first-order chi connectivity index (χ1) is 45.4. The molecule has 13 aromatic rings. The molecule has 0 N–H and O–H groups in total. The second-order valence-electron chi connectivity index (χ2n) is 34.7. The second kappa shape index (κ2) is 20.2. The Hall–Kier alpha value is -9.25. The van der Waals surface area contributed by atoms with E-state index < -0.39 is 0 Å². The molecule has 0 radical (unpaired) electrons. The summed E-state index contributed by atoms with van der Waals surface area (Å²) in [6.07, 6.45) is 0. The van der Waals surface area contributed by atoms with E-state index in [-0.39, 0.29) is 45.9 Å². The van der Waals surface area contributed by atoms with Crippen molar-refractivity contribution in [2.45, 2.75) is 157 Å². The summed E-state index contributed by atoms with van der Waals surface area (Å²) in [7, 11) is 0. The van der Waals surface area contributed by atoms with Gasteiger partial charge < -0.3 is 18.9 Å². The van der Waals surface area contributed by atoms with E-state index >= 15 is 0 Å². The van der Waals surface area contributed by atoms with Crippen molar-refractivity contribution in [2.75, 3.05) is 9.80 Å². The van der Waals surface area contributed by atoms with Crippen molar-refractivity contribution in [3.63, 3.8) is 0 Å². The first kappa shape index (κ1) is 60.4. The molecule has 0 spiro atoms. The number of anilines is 6. The predicted octanol–water partition coefficient (Wildman–Crippen LogP) is 20.2. The van der Waals surface area contributed by atoms with Crippen molar-refractivity contribution in [2.24, 2.45) is 0 Å². The standard InChI is InChI=1S/C90H88B2N4/c1-85(2,3)57-29-35-63(36-30-57)93-75-52-76-70(51-69(75)91-71-49-61(89(13,14)15)47-67-65-45-59(87(7,8)9)33-39-73(65)95(83(67)71)79-43-55(41-77(93)81(79)91)53-25-21-19-22-26-53)92-72-50-62(90(16,17)18)48-68-66-46-60(88(10,11)12)34-40-74(66)96(84(68)72)80-44-56(54-27-23-20-24-28-54)42-78(82(80)92)94(76)64-37-31-58(32-38-64)86(4,5)6/h19-52H,1-18H3. The summed E-state index contributed by atoms with van der Waals surface area (Å²) >= 11 is 0. The molecule has 0 aliphatic carbocycles. The first-order valence-corrected chi connectivity index (χ1v) is 35.1. The zero-order valence-electron chi connectivity index (χ0n) is 59.6. The highest BCUT2D eigenvalue weighted by molar-refractivity contribution is 7.03. The van der Waals surface area contributed by atoms with Gasteiger partial charge in [0.15, 0.2) is 0 Å². The molecule has 2 aromatic heterocycles. The summed E-state index contributed by atoms with van der Waals surface area (Å²) in [6.45, 7) is 42.3. The van der Waals surface area contributed by atoms with Gasteiger partial charge in [0.05, 0.1) is 11.0 Å². The van der Waals surface area contributed by atoms with Gasteiger partial charge in [0, 0.05) is 78.1 Å². The van der Waals surface area contributed by atoms with E-state index in [0.717, 1.165) is 11.4 Å². The third-order valence-electron chi connectivity index (χ3n) is 22.2. The van der Waals surface area contributed by atoms with E-state index in [1.165, 1.54) is 166 Å². The molecule has 0 atom stereocenters. The smallest absolute Gasteiger partial charge is 0.252 e. The van der Waals surface area contributed by atoms with Crippen molar-refractivity contribution < 1.29 is 0 Å². The lowest BCUT2D eigenvalue weighted by Gasteiger charge is -2.45. The Balaban J connectivity index is 1.07. The van der Waals surface area contributed by atoms with E-state index in [4.69, 9.17) is 0 Å². The quantitative estimate of drug-likeness (QED) is 0.163. The first-order valence-electron chi connectivity index (χ1n) is 35.1. The highest BCUT2D eigenvalue weighted by atomic mass is 15.2. The Kier molecular flexibility index (Phi) is 12.7. The lowest BCUT2D eigenvalue weighted by Crippen LogP contribution is -2.64. The van der Waals surface area contributed by atoms with Gasteiger partial charge in [0.1, 0.15) is 0 Å². The Morgan fingerprint density at radius 1 is 0.240 bits per heavy atom. The van der Waals surface area contributed by atoms with Crippen molar-refractivity contribution in [1.82, 2.24) is 9.13 Å². The summed E-state index contributed by atoms with van der Waals surface area (Å²) < 4.78 is 5.36. The zero-order chi connectivity index (χ0) is 67.0. The normalized spacial score (nSPS) is 14.3. The maximum absolute atomic E-state index is 2.75. The average molecular weight is 1250 g/mol. The van der Waals surface area contributed by atoms with Crippen LogP contribution in [0.2, 0.25) is 0 Å². The molecule has 96 heavy (non-hydrogen) atoms. The minimum absolute atomic E-state index is 0.0404. The van der Waals surface area contributed by atoms with Crippen LogP contribution in [-0.2, 0) is 32.5 Å². The van der Waals surface area contributed by atoms with Gasteiger partial charge in [-0.3, -0.25) is 0 Å². The molecule has 4 nitrogen and oxygen atoms in total. The Bertz CT molecular complexity index is 5110. The van der Waals surface area contributed by atoms with E-state index in [9.17, 15) is 0 Å². The van der Waals surface area contributed by atoms with Crippen LogP contribution in [0.25, 0.3) is 77.2 Å². The SMILES string of the molecule is CC(C)(C)c1ccc(N2c3cc4c(cc3B3c5c2cc(-c2ccccc2)cc5-n2c5ccc(C(C)(C)C)cc5c5cc(C(C)(C)C)cc3c52)B2c3c(cc(-c5ccccc5)cc3-n3c5ccc(C(C)(C)C)cc5c5cc(C(C)(C)C)cc2c53)N4c2ccc(C(C)(C)C)cc2)cc1. The van der Waals surface area contributed by atoms with Gasteiger partial charge in [0.25, 0.3) is 13.4 Å². The minimum Gasteiger partial charge on any atom is -0.311 e. The zero-order valence-corrected chi connectivity index (χ0v) is 59.6. The van der Waals surface area contributed by atoms with E-state index in [2.05, 4.69) is 350 Å². The Morgan fingerprint density at radius 2 is 0.562 bits per heavy atom. The molecule has 0 saturated carbocycles. The van der Waals surface area contributed by atoms with Crippen LogP contribution < -0.4 is 42.6 Å². The van der Waals surface area contributed by atoms with Gasteiger partial charge >= 0.3 is 0 Å². The maximum Gasteiger partial charge on any atom is 0.252 e. The number of rotatable bonds is 4. The van der Waals surface area contributed by atoms with Gasteiger partial charge in [-0.15, -0.1) is 0 Å². The van der Waals surface area contributed by atoms with Gasteiger partial charge in [-0.2, -0.15) is 0 Å². The number of fused-ring (bicyclic) bond motifs is 14. The van der Waals surface area contributed by atoms with Gasteiger partial charge in [-0.05, 0) is 212 Å². The van der Waals surface area contributed by atoms with Crippen LogP contribution in [0.15, 0.2) is 206 Å². The topological polar surface area (TPSA) is 16.3 Å². The number of aromatic nitrogens is 2. The fraction of sp³-hybridized carbons (Fsp3) is 0.267. The molecule has 0 amide bonds. The molecule has 0 fully saturated rings. The number of hydrogen-bond donors (Lipinski definition) is 0. The molecule has 0 unspecified atom stereocenters. The van der Waals surface area contributed by atoms with E-state index in [1.807, 2.05) is 0 Å². The van der Waals surface area contributed by atoms with Crippen LogP contribution in [0.1, 0.15) is 158 Å². The van der Waals surface area contributed by atoms with Crippen LogP contribution in [0.4, 0.5) is 34.1 Å². The highest BCUT2D eigenvalue weighted by Crippen LogP contribution is 2.50. The van der Waals surface area contributed by atoms with Crippen LogP contribution in [0, 0.1) is 0 Å². The predicted molar refractivity (Wildman–Crippen MR) is 417 cm³/mol. The summed E-state index contributed by atoms with van der Waals surface area (Å²) in [4.78, 5) is 5.35. The molecule has 4 aliphatic rings. The fourth-order valence-electron chi connectivity index (χ4n) is 16.7. The summed E-state index contributed by atoms with van der Waals surface area (Å²) in [6, 6.07) is 82.1. The highest BCUT2D eigenvalue weighted by Gasteiger charge is 2.49. The molecule has 4 aliphatic heterocycles. The monoisotopic (exact) mass is 1250 g/mol. The van der Waals surface area contributed by atoms with Gasteiger partial charge in [-0.1, -0.05) is 240 Å². The maximum atomic E-state index is 2.75. The lowest BCUT2D eigenvalue weighted by molar-refractivity contribution is 0.590. The molecule has 6 heterocycles. The number of benzene rings is 11. The van der Waals surface area contributed by atoms with Gasteiger partial charge in [-0.25, -0.2) is 0 Å². The molecule has 0 saturated heterocycles. The lowest BCUT2D eigenvalue weighted by atomic mass is 9.30.